The number of nitrogens with zero attached hydrogens (tertiary/aromatic N) is 1. The molecule has 3 aromatic rings. The van der Waals surface area contributed by atoms with E-state index in [1.807, 2.05) is 6.07 Å². The first-order valence-electron chi connectivity index (χ1n) is 6.57. The van der Waals surface area contributed by atoms with Crippen molar-refractivity contribution in [2.75, 3.05) is 11.9 Å². The molecule has 3 rings (SSSR count). The van der Waals surface area contributed by atoms with Crippen LogP contribution in [0.5, 0.6) is 0 Å². The van der Waals surface area contributed by atoms with Gasteiger partial charge in [-0.25, -0.2) is 9.37 Å². The van der Waals surface area contributed by atoms with Gasteiger partial charge < -0.3 is 5.32 Å². The minimum Gasteiger partial charge on any atom is -0.361 e. The summed E-state index contributed by atoms with van der Waals surface area (Å²) in [5, 5.41) is 4.16. The van der Waals surface area contributed by atoms with Crippen LogP contribution in [0.2, 0.25) is 0 Å². The quantitative estimate of drug-likeness (QED) is 0.769. The molecule has 0 unspecified atom stereocenters. The van der Waals surface area contributed by atoms with Crippen LogP contribution in [-0.4, -0.2) is 11.5 Å². The molecule has 1 N–H and O–H groups in total. The van der Waals surface area contributed by atoms with Crippen molar-refractivity contribution in [1.29, 1.82) is 0 Å². The number of thiazole rings is 1. The number of hydrogen-bond donors (Lipinski definition) is 1. The van der Waals surface area contributed by atoms with Crippen LogP contribution < -0.4 is 5.32 Å². The Hall–Kier alpha value is -1.94. The highest BCUT2D eigenvalue weighted by Crippen LogP contribution is 2.26. The Morgan fingerprint density at radius 3 is 2.90 bits per heavy atom. The first kappa shape index (κ1) is 13.1. The van der Waals surface area contributed by atoms with Crippen LogP contribution in [0.15, 0.2) is 42.5 Å². The van der Waals surface area contributed by atoms with Gasteiger partial charge in [-0.3, -0.25) is 0 Å². The van der Waals surface area contributed by atoms with Gasteiger partial charge in [0, 0.05) is 6.54 Å². The Kier molecular flexibility index (Phi) is 3.65. The lowest BCUT2D eigenvalue weighted by Gasteiger charge is -2.05. The molecule has 0 radical (unpaired) electrons. The molecule has 1 aromatic heterocycles. The third-order valence-corrected chi connectivity index (χ3v) is 4.26. The number of aromatic nitrogens is 1. The Bertz CT molecular complexity index is 736. The lowest BCUT2D eigenvalue weighted by molar-refractivity contribution is 0.630. The summed E-state index contributed by atoms with van der Waals surface area (Å²) in [7, 11) is 0. The lowest BCUT2D eigenvalue weighted by Crippen LogP contribution is -2.05. The van der Waals surface area contributed by atoms with E-state index in [1.165, 1.54) is 34.6 Å². The molecule has 0 fully saturated rings. The van der Waals surface area contributed by atoms with Crippen LogP contribution in [0.4, 0.5) is 9.52 Å². The molecule has 102 valence electrons. The monoisotopic (exact) mass is 286 g/mol. The van der Waals surface area contributed by atoms with Gasteiger partial charge in [-0.1, -0.05) is 35.6 Å². The summed E-state index contributed by atoms with van der Waals surface area (Å²) in [6.45, 7) is 2.95. The molecule has 4 heteroatoms. The molecular weight excluding hydrogens is 271 g/mol. The van der Waals surface area contributed by atoms with Gasteiger partial charge in [0.25, 0.3) is 0 Å². The molecule has 0 atom stereocenters. The van der Waals surface area contributed by atoms with Crippen molar-refractivity contribution in [1.82, 2.24) is 4.98 Å². The van der Waals surface area contributed by atoms with E-state index in [0.717, 1.165) is 28.3 Å². The van der Waals surface area contributed by atoms with Gasteiger partial charge in [-0.15, -0.1) is 0 Å². The van der Waals surface area contributed by atoms with Crippen molar-refractivity contribution in [3.05, 3.63) is 59.4 Å². The van der Waals surface area contributed by atoms with Gasteiger partial charge in [0.15, 0.2) is 5.13 Å². The Morgan fingerprint density at radius 2 is 2.05 bits per heavy atom. The maximum atomic E-state index is 13.1. The number of halogens is 1. The van der Waals surface area contributed by atoms with E-state index in [-0.39, 0.29) is 5.82 Å². The average molecular weight is 286 g/mol. The summed E-state index contributed by atoms with van der Waals surface area (Å²) < 4.78 is 14.0. The molecule has 0 aliphatic carbocycles. The maximum absolute atomic E-state index is 13.1. The highest BCUT2D eigenvalue weighted by molar-refractivity contribution is 7.22. The molecule has 0 amide bonds. The SMILES string of the molecule is Cc1ccccc1CCNc1nc2ccc(F)cc2s1. The molecule has 0 saturated carbocycles. The summed E-state index contributed by atoms with van der Waals surface area (Å²) >= 11 is 1.49. The van der Waals surface area contributed by atoms with E-state index in [4.69, 9.17) is 0 Å². The maximum Gasteiger partial charge on any atom is 0.183 e. The van der Waals surface area contributed by atoms with E-state index < -0.39 is 0 Å². The van der Waals surface area contributed by atoms with E-state index in [1.54, 1.807) is 6.07 Å². The van der Waals surface area contributed by atoms with Crippen molar-refractivity contribution in [2.24, 2.45) is 0 Å². The zero-order valence-corrected chi connectivity index (χ0v) is 12.0. The predicted octanol–water partition coefficient (Wildman–Crippen LogP) is 4.40. The van der Waals surface area contributed by atoms with Gasteiger partial charge in [-0.05, 0) is 42.7 Å². The molecule has 1 heterocycles. The van der Waals surface area contributed by atoms with Gasteiger partial charge in [0.2, 0.25) is 0 Å². The Labute approximate surface area is 121 Å². The van der Waals surface area contributed by atoms with Crippen molar-refractivity contribution >= 4 is 26.7 Å². The zero-order valence-electron chi connectivity index (χ0n) is 11.2. The van der Waals surface area contributed by atoms with Gasteiger partial charge in [-0.2, -0.15) is 0 Å². The molecule has 0 aliphatic rings. The number of hydrogen-bond acceptors (Lipinski definition) is 3. The summed E-state index contributed by atoms with van der Waals surface area (Å²) in [6, 6.07) is 13.1. The minimum atomic E-state index is -0.215. The van der Waals surface area contributed by atoms with Crippen LogP contribution in [0, 0.1) is 12.7 Å². The average Bonchev–Trinajstić information content (AvgIpc) is 2.83. The van der Waals surface area contributed by atoms with Crippen molar-refractivity contribution in [3.63, 3.8) is 0 Å². The van der Waals surface area contributed by atoms with Gasteiger partial charge in [0.1, 0.15) is 5.82 Å². The number of fused-ring (bicyclic) bond motifs is 1. The van der Waals surface area contributed by atoms with Gasteiger partial charge in [0.05, 0.1) is 10.2 Å². The second kappa shape index (κ2) is 5.59. The third-order valence-electron chi connectivity index (χ3n) is 3.28. The fourth-order valence-corrected chi connectivity index (χ4v) is 3.09. The lowest BCUT2D eigenvalue weighted by atomic mass is 10.1. The van der Waals surface area contributed by atoms with Crippen LogP contribution in [0.1, 0.15) is 11.1 Å². The minimum absolute atomic E-state index is 0.215. The zero-order chi connectivity index (χ0) is 13.9. The van der Waals surface area contributed by atoms with Crippen molar-refractivity contribution in [3.8, 4) is 0 Å². The Balaban J connectivity index is 1.67. The van der Waals surface area contributed by atoms with E-state index in [0.29, 0.717) is 0 Å². The van der Waals surface area contributed by atoms with Crippen LogP contribution in [-0.2, 0) is 6.42 Å². The third kappa shape index (κ3) is 2.80. The molecule has 0 bridgehead atoms. The predicted molar refractivity (Wildman–Crippen MR) is 83.0 cm³/mol. The summed E-state index contributed by atoms with van der Waals surface area (Å²) in [5.74, 6) is -0.215. The highest BCUT2D eigenvalue weighted by Gasteiger charge is 2.04. The number of aryl methyl sites for hydroxylation is 1. The molecule has 2 nitrogen and oxygen atoms in total. The van der Waals surface area contributed by atoms with E-state index >= 15 is 0 Å². The molecule has 20 heavy (non-hydrogen) atoms. The fourth-order valence-electron chi connectivity index (χ4n) is 2.17. The number of benzene rings is 2. The molecule has 0 spiro atoms. The second-order valence-electron chi connectivity index (χ2n) is 4.73. The summed E-state index contributed by atoms with van der Waals surface area (Å²) in [6.07, 6.45) is 0.955. The molecule has 2 aromatic carbocycles. The highest BCUT2D eigenvalue weighted by atomic mass is 32.1. The van der Waals surface area contributed by atoms with Crippen molar-refractivity contribution in [2.45, 2.75) is 13.3 Å². The van der Waals surface area contributed by atoms with Gasteiger partial charge >= 0.3 is 0 Å². The topological polar surface area (TPSA) is 24.9 Å². The fraction of sp³-hybridized carbons (Fsp3) is 0.188. The normalized spacial score (nSPS) is 10.9. The van der Waals surface area contributed by atoms with Crippen LogP contribution in [0.3, 0.4) is 0 Å². The first-order valence-corrected chi connectivity index (χ1v) is 7.38. The van der Waals surface area contributed by atoms with Crippen molar-refractivity contribution < 1.29 is 4.39 Å². The largest absolute Gasteiger partial charge is 0.361 e. The number of nitrogens with one attached hydrogen (secondary N) is 1. The number of anilines is 1. The summed E-state index contributed by atoms with van der Waals surface area (Å²) in [5.41, 5.74) is 3.49. The molecule has 0 saturated heterocycles. The smallest absolute Gasteiger partial charge is 0.183 e. The van der Waals surface area contributed by atoms with E-state index in [2.05, 4.69) is 35.4 Å². The number of rotatable bonds is 4. The molecule has 0 aliphatic heterocycles. The first-order chi connectivity index (χ1) is 9.72. The Morgan fingerprint density at radius 1 is 1.20 bits per heavy atom. The second-order valence-corrected chi connectivity index (χ2v) is 5.76. The standard InChI is InChI=1S/C16H15FN2S/c1-11-4-2-3-5-12(11)8-9-18-16-19-14-7-6-13(17)10-15(14)20-16/h2-7,10H,8-9H2,1H3,(H,18,19). The summed E-state index contributed by atoms with van der Waals surface area (Å²) in [4.78, 5) is 4.45. The van der Waals surface area contributed by atoms with Crippen LogP contribution in [0.25, 0.3) is 10.2 Å². The molecular formula is C16H15FN2S. The van der Waals surface area contributed by atoms with E-state index in [9.17, 15) is 4.39 Å². The van der Waals surface area contributed by atoms with Crippen LogP contribution >= 0.6 is 11.3 Å².